The van der Waals surface area contributed by atoms with Crippen molar-refractivity contribution in [2.75, 3.05) is 0 Å². The highest BCUT2D eigenvalue weighted by Crippen LogP contribution is 2.55. The van der Waals surface area contributed by atoms with Crippen molar-refractivity contribution >= 4 is 23.1 Å². The van der Waals surface area contributed by atoms with Gasteiger partial charge in [0.1, 0.15) is 11.9 Å². The molecule has 2 N–H and O–H groups in total. The minimum Gasteiger partial charge on any atom is -0.457 e. The van der Waals surface area contributed by atoms with E-state index in [1.165, 1.54) is 32.9 Å². The van der Waals surface area contributed by atoms with E-state index < -0.39 is 58.7 Å². The SMILES string of the molecule is C/C=C(/C)C(=O)O[C@@H]1[C@@H](O)[C@]2(O)c3c(c4c5c(cc3=O)C(=O)C(C(C)=O)=C5C=C(C)O4)O[C@@H]2O[C@@H]1C. The summed E-state index contributed by atoms with van der Waals surface area (Å²) in [6.45, 7) is 7.55. The Morgan fingerprint density at radius 2 is 1.89 bits per heavy atom. The van der Waals surface area contributed by atoms with E-state index in [2.05, 4.69) is 0 Å². The molecule has 1 aromatic carbocycles. The Labute approximate surface area is 205 Å². The standard InChI is InChI=1S/C26H24O10/c1-6-9(2)24(31)35-20-12(5)34-25-26(32,23(20)30)18-15(28)8-14-17-13(16(11(4)27)19(14)29)7-10(3)33-21(17)22(18)36-25/h6-8,12,20,23,25,30,32H,1-5H3/b9-6-/t12-,20+,23-,25+,26-/m1/s1. The number of esters is 1. The second-order valence-electron chi connectivity index (χ2n) is 9.26. The quantitative estimate of drug-likeness (QED) is 0.358. The van der Waals surface area contributed by atoms with Crippen molar-refractivity contribution in [2.45, 2.75) is 64.8 Å². The van der Waals surface area contributed by atoms with Crippen molar-refractivity contribution in [1.82, 2.24) is 0 Å². The van der Waals surface area contributed by atoms with Gasteiger partial charge in [0.05, 0.1) is 17.2 Å². The molecule has 36 heavy (non-hydrogen) atoms. The van der Waals surface area contributed by atoms with Gasteiger partial charge in [0.2, 0.25) is 6.29 Å². The summed E-state index contributed by atoms with van der Waals surface area (Å²) in [6.07, 6.45) is -2.57. The molecule has 0 aromatic heterocycles. The average Bonchev–Trinajstić information content (AvgIpc) is 3.22. The molecule has 3 aliphatic heterocycles. The van der Waals surface area contributed by atoms with E-state index >= 15 is 0 Å². The number of allylic oxidation sites excluding steroid dienone is 5. The molecule has 1 fully saturated rings. The normalized spacial score (nSPS) is 30.0. The summed E-state index contributed by atoms with van der Waals surface area (Å²) >= 11 is 0. The van der Waals surface area contributed by atoms with Crippen LogP contribution >= 0.6 is 0 Å². The van der Waals surface area contributed by atoms with Crippen LogP contribution in [-0.2, 0) is 24.7 Å². The maximum Gasteiger partial charge on any atom is 0.333 e. The van der Waals surface area contributed by atoms with Gasteiger partial charge in [-0.3, -0.25) is 14.4 Å². The zero-order valence-electron chi connectivity index (χ0n) is 20.2. The lowest BCUT2D eigenvalue weighted by Gasteiger charge is -2.44. The van der Waals surface area contributed by atoms with Gasteiger partial charge >= 0.3 is 5.97 Å². The molecule has 1 aromatic rings. The first-order chi connectivity index (χ1) is 16.9. The fraction of sp³-hybridized carbons (Fsp3) is 0.385. The van der Waals surface area contributed by atoms with Crippen molar-refractivity contribution in [1.29, 1.82) is 0 Å². The molecule has 0 radical (unpaired) electrons. The number of hydrogen-bond donors (Lipinski definition) is 2. The number of aliphatic hydroxyl groups is 2. The molecule has 188 valence electrons. The van der Waals surface area contributed by atoms with E-state index in [1.54, 1.807) is 13.8 Å². The summed E-state index contributed by atoms with van der Waals surface area (Å²) < 4.78 is 22.9. The molecule has 0 spiro atoms. The van der Waals surface area contributed by atoms with Crippen LogP contribution in [0.25, 0.3) is 5.57 Å². The molecule has 4 aliphatic rings. The highest BCUT2D eigenvalue weighted by atomic mass is 16.7. The average molecular weight is 496 g/mol. The van der Waals surface area contributed by atoms with Gasteiger partial charge in [-0.2, -0.15) is 0 Å². The van der Waals surface area contributed by atoms with Gasteiger partial charge in [0, 0.05) is 22.3 Å². The van der Waals surface area contributed by atoms with E-state index in [4.69, 9.17) is 18.9 Å². The highest BCUT2D eigenvalue weighted by molar-refractivity contribution is 6.36. The lowest BCUT2D eigenvalue weighted by molar-refractivity contribution is -0.309. The zero-order chi connectivity index (χ0) is 26.3. The Bertz CT molecular complexity index is 1410. The summed E-state index contributed by atoms with van der Waals surface area (Å²) in [5.41, 5.74) is -3.11. The van der Waals surface area contributed by atoms with Crippen molar-refractivity contribution in [3.8, 4) is 11.5 Å². The van der Waals surface area contributed by atoms with Gasteiger partial charge in [-0.15, -0.1) is 0 Å². The number of ketones is 2. The zero-order valence-corrected chi connectivity index (χ0v) is 20.2. The van der Waals surface area contributed by atoms with Crippen LogP contribution in [0, 0.1) is 0 Å². The van der Waals surface area contributed by atoms with Crippen molar-refractivity contribution in [2.24, 2.45) is 0 Å². The molecule has 5 rings (SSSR count). The number of Topliss-reactive ketones (excluding diaryl/α,β-unsaturated/α-hetero) is 2. The molecule has 3 heterocycles. The molecule has 0 saturated carbocycles. The topological polar surface area (TPSA) is 146 Å². The summed E-state index contributed by atoms with van der Waals surface area (Å²) in [5.74, 6) is -1.82. The second kappa shape index (κ2) is 7.95. The van der Waals surface area contributed by atoms with Crippen LogP contribution in [0.3, 0.4) is 0 Å². The Hall–Kier alpha value is -3.60. The third-order valence-electron chi connectivity index (χ3n) is 6.97. The summed E-state index contributed by atoms with van der Waals surface area (Å²) in [6, 6.07) is 0.993. The Morgan fingerprint density at radius 1 is 1.19 bits per heavy atom. The summed E-state index contributed by atoms with van der Waals surface area (Å²) in [5, 5.41) is 23.0. The minimum absolute atomic E-state index is 0.0497. The third kappa shape index (κ3) is 3.08. The number of carbonyl (C=O) groups excluding carboxylic acids is 3. The van der Waals surface area contributed by atoms with Crippen LogP contribution in [0.4, 0.5) is 0 Å². The molecule has 0 amide bonds. The van der Waals surface area contributed by atoms with Gasteiger partial charge in [-0.05, 0) is 46.8 Å². The maximum atomic E-state index is 13.5. The molecular weight excluding hydrogens is 472 g/mol. The molecule has 0 bridgehead atoms. The van der Waals surface area contributed by atoms with Crippen molar-refractivity contribution < 1.29 is 43.5 Å². The first-order valence-corrected chi connectivity index (χ1v) is 11.4. The Balaban J connectivity index is 1.72. The first kappa shape index (κ1) is 24.1. The van der Waals surface area contributed by atoms with E-state index in [0.717, 1.165) is 6.07 Å². The van der Waals surface area contributed by atoms with Crippen LogP contribution in [0.2, 0.25) is 0 Å². The van der Waals surface area contributed by atoms with Gasteiger partial charge in [0.15, 0.2) is 40.2 Å². The predicted octanol–water partition coefficient (Wildman–Crippen LogP) is 1.45. The monoisotopic (exact) mass is 496 g/mol. The van der Waals surface area contributed by atoms with Crippen LogP contribution in [0.15, 0.2) is 39.9 Å². The fourth-order valence-electron chi connectivity index (χ4n) is 5.05. The summed E-state index contributed by atoms with van der Waals surface area (Å²) in [4.78, 5) is 51.3. The Kier molecular flexibility index (Phi) is 5.33. The number of fused-ring (bicyclic) bond motifs is 4. The lowest BCUT2D eigenvalue weighted by Crippen LogP contribution is -2.64. The van der Waals surface area contributed by atoms with Gasteiger partial charge < -0.3 is 29.2 Å². The molecular formula is C26H24O10. The van der Waals surface area contributed by atoms with Crippen LogP contribution < -0.4 is 14.9 Å². The molecule has 10 nitrogen and oxygen atoms in total. The van der Waals surface area contributed by atoms with Gasteiger partial charge in [-0.1, -0.05) is 6.08 Å². The van der Waals surface area contributed by atoms with E-state index in [0.29, 0.717) is 5.76 Å². The highest BCUT2D eigenvalue weighted by Gasteiger charge is 2.64. The number of aliphatic hydroxyl groups excluding tert-OH is 1. The first-order valence-electron chi connectivity index (χ1n) is 11.4. The fourth-order valence-corrected chi connectivity index (χ4v) is 5.05. The van der Waals surface area contributed by atoms with Gasteiger partial charge in [-0.25, -0.2) is 4.79 Å². The molecule has 0 unspecified atom stereocenters. The molecule has 1 saturated heterocycles. The number of rotatable bonds is 3. The molecule has 5 atom stereocenters. The predicted molar refractivity (Wildman–Crippen MR) is 123 cm³/mol. The maximum absolute atomic E-state index is 13.5. The number of ether oxygens (including phenoxy) is 4. The molecule has 10 heteroatoms. The Morgan fingerprint density at radius 3 is 2.53 bits per heavy atom. The van der Waals surface area contributed by atoms with Crippen molar-refractivity contribution in [3.63, 3.8) is 0 Å². The van der Waals surface area contributed by atoms with Crippen LogP contribution in [0.5, 0.6) is 11.5 Å². The molecule has 1 aliphatic carbocycles. The minimum atomic E-state index is -2.45. The van der Waals surface area contributed by atoms with Crippen LogP contribution in [-0.4, -0.2) is 52.4 Å². The van der Waals surface area contributed by atoms with E-state index in [-0.39, 0.29) is 39.3 Å². The largest absolute Gasteiger partial charge is 0.457 e. The summed E-state index contributed by atoms with van der Waals surface area (Å²) in [7, 11) is 0. The van der Waals surface area contributed by atoms with Crippen LogP contribution in [0.1, 0.15) is 56.1 Å². The van der Waals surface area contributed by atoms with E-state index in [9.17, 15) is 29.4 Å². The second-order valence-corrected chi connectivity index (χ2v) is 9.26. The number of hydrogen-bond acceptors (Lipinski definition) is 10. The lowest BCUT2D eigenvalue weighted by atomic mass is 9.82. The van der Waals surface area contributed by atoms with Gasteiger partial charge in [0.25, 0.3) is 0 Å². The number of carbonyl (C=O) groups is 3. The smallest absolute Gasteiger partial charge is 0.333 e. The van der Waals surface area contributed by atoms with E-state index in [1.807, 2.05) is 0 Å². The van der Waals surface area contributed by atoms with Crippen molar-refractivity contribution in [3.05, 3.63) is 62.0 Å². The third-order valence-corrected chi connectivity index (χ3v) is 6.97.